The Bertz CT molecular complexity index is 541. The van der Waals surface area contributed by atoms with E-state index in [9.17, 15) is 0 Å². The lowest BCUT2D eigenvalue weighted by atomic mass is 10.2. The van der Waals surface area contributed by atoms with Gasteiger partial charge < -0.3 is 10.7 Å². The number of nitrogen functional groups attached to an aromatic ring is 1. The zero-order valence-corrected chi connectivity index (χ0v) is 12.2. The van der Waals surface area contributed by atoms with E-state index in [2.05, 4.69) is 48.8 Å². The van der Waals surface area contributed by atoms with Crippen LogP contribution in [-0.4, -0.2) is 9.97 Å². The molecule has 5 nitrogen and oxygen atoms in total. The highest BCUT2D eigenvalue weighted by Gasteiger charge is 2.08. The molecule has 0 aliphatic rings. The number of nitrogens with two attached hydrogens (primary N) is 1. The summed E-state index contributed by atoms with van der Waals surface area (Å²) in [6.45, 7) is 2.76. The Labute approximate surface area is 120 Å². The Balaban J connectivity index is 2.13. The molecule has 4 N–H and O–H groups in total. The number of nitrogens with one attached hydrogen (secondary N) is 2. The van der Waals surface area contributed by atoms with Crippen LogP contribution < -0.4 is 16.6 Å². The number of hydrogen-bond acceptors (Lipinski definition) is 5. The summed E-state index contributed by atoms with van der Waals surface area (Å²) in [6.07, 6.45) is 2.31. The number of aromatic nitrogens is 2. The molecule has 0 bridgehead atoms. The maximum atomic E-state index is 5.45. The fourth-order valence-electron chi connectivity index (χ4n) is 1.81. The molecule has 2 aromatic rings. The molecule has 0 aliphatic carbocycles. The van der Waals surface area contributed by atoms with Gasteiger partial charge in [0.15, 0.2) is 0 Å². The van der Waals surface area contributed by atoms with Crippen LogP contribution in [0, 0.1) is 0 Å². The van der Waals surface area contributed by atoms with Crippen LogP contribution in [-0.2, 0) is 13.0 Å². The van der Waals surface area contributed by atoms with Crippen molar-refractivity contribution in [3.05, 3.63) is 46.2 Å². The van der Waals surface area contributed by atoms with Gasteiger partial charge in [-0.25, -0.2) is 15.8 Å². The van der Waals surface area contributed by atoms with Crippen molar-refractivity contribution in [1.82, 2.24) is 9.97 Å². The van der Waals surface area contributed by atoms with Crippen LogP contribution in [0.2, 0.25) is 0 Å². The molecule has 100 valence electrons. The molecule has 2 rings (SSSR count). The van der Waals surface area contributed by atoms with Gasteiger partial charge in [0.05, 0.1) is 0 Å². The quantitative estimate of drug-likeness (QED) is 0.583. The van der Waals surface area contributed by atoms with Gasteiger partial charge in [0.2, 0.25) is 0 Å². The minimum absolute atomic E-state index is 0.663. The van der Waals surface area contributed by atoms with Crippen molar-refractivity contribution in [1.29, 1.82) is 0 Å². The summed E-state index contributed by atoms with van der Waals surface area (Å²) in [4.78, 5) is 8.37. The fourth-order valence-corrected chi connectivity index (χ4v) is 2.08. The third-order valence-corrected chi connectivity index (χ3v) is 3.34. The van der Waals surface area contributed by atoms with E-state index in [1.54, 1.807) is 0 Å². The molecular weight excluding hydrogens is 306 g/mol. The molecule has 0 atom stereocenters. The van der Waals surface area contributed by atoms with Gasteiger partial charge in [-0.15, -0.1) is 0 Å². The largest absolute Gasteiger partial charge is 0.366 e. The lowest BCUT2D eigenvalue weighted by Gasteiger charge is -2.12. The molecule has 1 aromatic heterocycles. The fraction of sp³-hybridized carbons (Fsp3) is 0.231. The number of hydrazine groups is 1. The topological polar surface area (TPSA) is 75.9 Å². The normalized spacial score (nSPS) is 10.3. The average molecular weight is 322 g/mol. The van der Waals surface area contributed by atoms with Crippen molar-refractivity contribution in [2.45, 2.75) is 19.9 Å². The minimum Gasteiger partial charge on any atom is -0.366 e. The maximum Gasteiger partial charge on any atom is 0.148 e. The van der Waals surface area contributed by atoms with E-state index in [-0.39, 0.29) is 0 Å². The van der Waals surface area contributed by atoms with Crippen molar-refractivity contribution in [3.63, 3.8) is 0 Å². The molecule has 0 radical (unpaired) electrons. The molecular formula is C13H16BrN5. The highest BCUT2D eigenvalue weighted by atomic mass is 79.9. The Morgan fingerprint density at radius 2 is 1.84 bits per heavy atom. The van der Waals surface area contributed by atoms with E-state index in [0.29, 0.717) is 12.4 Å². The van der Waals surface area contributed by atoms with Crippen LogP contribution in [0.4, 0.5) is 11.6 Å². The first-order chi connectivity index (χ1) is 9.24. The van der Waals surface area contributed by atoms with Crippen LogP contribution in [0.1, 0.15) is 18.1 Å². The molecule has 1 aromatic carbocycles. The van der Waals surface area contributed by atoms with Crippen molar-refractivity contribution in [2.24, 2.45) is 5.84 Å². The van der Waals surface area contributed by atoms with E-state index >= 15 is 0 Å². The molecule has 0 unspecified atom stereocenters. The van der Waals surface area contributed by atoms with Crippen LogP contribution in [0.5, 0.6) is 0 Å². The van der Waals surface area contributed by atoms with E-state index in [0.717, 1.165) is 22.3 Å². The zero-order chi connectivity index (χ0) is 13.7. The smallest absolute Gasteiger partial charge is 0.148 e. The Morgan fingerprint density at radius 3 is 2.47 bits per heavy atom. The molecule has 0 amide bonds. The van der Waals surface area contributed by atoms with Crippen LogP contribution in [0.15, 0.2) is 35.1 Å². The molecule has 0 aliphatic heterocycles. The van der Waals surface area contributed by atoms with Crippen molar-refractivity contribution in [3.8, 4) is 0 Å². The second kappa shape index (κ2) is 6.49. The van der Waals surface area contributed by atoms with Crippen molar-refractivity contribution in [2.75, 3.05) is 10.7 Å². The number of anilines is 2. The summed E-state index contributed by atoms with van der Waals surface area (Å²) in [6, 6.07) is 8.16. The Hall–Kier alpha value is -1.66. The molecule has 6 heteroatoms. The summed E-state index contributed by atoms with van der Waals surface area (Å²) >= 11 is 3.42. The monoisotopic (exact) mass is 321 g/mol. The number of benzene rings is 1. The Kier molecular flexibility index (Phi) is 4.70. The van der Waals surface area contributed by atoms with E-state index in [1.165, 1.54) is 11.9 Å². The highest BCUT2D eigenvalue weighted by molar-refractivity contribution is 9.10. The second-order valence-corrected chi connectivity index (χ2v) is 4.94. The first-order valence-corrected chi connectivity index (χ1v) is 6.82. The van der Waals surface area contributed by atoms with Gasteiger partial charge in [-0.3, -0.25) is 0 Å². The van der Waals surface area contributed by atoms with Gasteiger partial charge in [-0.05, 0) is 24.1 Å². The van der Waals surface area contributed by atoms with Gasteiger partial charge in [0.25, 0.3) is 0 Å². The van der Waals surface area contributed by atoms with E-state index in [1.807, 2.05) is 19.1 Å². The highest BCUT2D eigenvalue weighted by Crippen LogP contribution is 2.20. The predicted molar refractivity (Wildman–Crippen MR) is 80.7 cm³/mol. The molecule has 1 heterocycles. The van der Waals surface area contributed by atoms with Crippen LogP contribution >= 0.6 is 15.9 Å². The number of halogens is 1. The minimum atomic E-state index is 0.663. The molecule has 0 spiro atoms. The number of nitrogens with zero attached hydrogens (tertiary/aromatic N) is 2. The summed E-state index contributed by atoms with van der Waals surface area (Å²) in [5.41, 5.74) is 4.77. The van der Waals surface area contributed by atoms with Gasteiger partial charge >= 0.3 is 0 Å². The van der Waals surface area contributed by atoms with Gasteiger partial charge in [0.1, 0.15) is 18.0 Å². The first kappa shape index (κ1) is 13.8. The number of rotatable bonds is 5. The van der Waals surface area contributed by atoms with E-state index < -0.39 is 0 Å². The van der Waals surface area contributed by atoms with Crippen molar-refractivity contribution < 1.29 is 0 Å². The zero-order valence-electron chi connectivity index (χ0n) is 10.7. The molecule has 0 fully saturated rings. The summed E-state index contributed by atoms with van der Waals surface area (Å²) < 4.78 is 1.07. The Morgan fingerprint density at radius 1 is 1.16 bits per heavy atom. The summed E-state index contributed by atoms with van der Waals surface area (Å²) in [5, 5.41) is 3.31. The molecule has 0 saturated heterocycles. The van der Waals surface area contributed by atoms with Gasteiger partial charge in [0, 0.05) is 16.6 Å². The van der Waals surface area contributed by atoms with Crippen LogP contribution in [0.3, 0.4) is 0 Å². The first-order valence-electron chi connectivity index (χ1n) is 6.03. The summed E-state index contributed by atoms with van der Waals surface area (Å²) in [5.74, 6) is 6.92. The number of hydrogen-bond donors (Lipinski definition) is 3. The van der Waals surface area contributed by atoms with E-state index in [4.69, 9.17) is 5.84 Å². The average Bonchev–Trinajstić information content (AvgIpc) is 2.46. The van der Waals surface area contributed by atoms with Crippen LogP contribution in [0.25, 0.3) is 0 Å². The van der Waals surface area contributed by atoms with Gasteiger partial charge in [-0.2, -0.15) is 0 Å². The standard InChI is InChI=1S/C13H16BrN5/c1-2-11-12(17-8-18-13(11)19-15)16-7-9-3-5-10(14)6-4-9/h3-6,8H,2,7,15H2,1H3,(H2,16,17,18,19). The predicted octanol–water partition coefficient (Wildman–Crippen LogP) is 2.70. The third-order valence-electron chi connectivity index (χ3n) is 2.81. The lowest BCUT2D eigenvalue weighted by Crippen LogP contribution is -2.14. The molecule has 0 saturated carbocycles. The maximum absolute atomic E-state index is 5.45. The SMILES string of the molecule is CCc1c(NN)ncnc1NCc1ccc(Br)cc1. The molecule has 19 heavy (non-hydrogen) atoms. The third kappa shape index (κ3) is 3.42. The van der Waals surface area contributed by atoms with Crippen molar-refractivity contribution >= 4 is 27.6 Å². The lowest BCUT2D eigenvalue weighted by molar-refractivity contribution is 1.00. The van der Waals surface area contributed by atoms with Gasteiger partial charge in [-0.1, -0.05) is 35.0 Å². The second-order valence-electron chi connectivity index (χ2n) is 4.03. The summed E-state index contributed by atoms with van der Waals surface area (Å²) in [7, 11) is 0.